The summed E-state index contributed by atoms with van der Waals surface area (Å²) < 4.78 is 1.29. The topological polar surface area (TPSA) is 68.4 Å². The normalized spacial score (nSPS) is 12.2. The molecule has 1 aromatic rings. The van der Waals surface area contributed by atoms with Gasteiger partial charge in [-0.15, -0.1) is 0 Å². The molecule has 0 radical (unpaired) electrons. The Bertz CT molecular complexity index is 442. The third-order valence-corrected chi connectivity index (χ3v) is 2.66. The fourth-order valence-corrected chi connectivity index (χ4v) is 1.99. The van der Waals surface area contributed by atoms with Gasteiger partial charge in [-0.3, -0.25) is 4.79 Å². The van der Waals surface area contributed by atoms with Crippen LogP contribution in [-0.2, 0) is 7.05 Å². The Morgan fingerprint density at radius 2 is 2.24 bits per heavy atom. The van der Waals surface area contributed by atoms with Crippen LogP contribution in [0.5, 0.6) is 0 Å². The Balaban J connectivity index is 2.93. The molecule has 17 heavy (non-hydrogen) atoms. The summed E-state index contributed by atoms with van der Waals surface area (Å²) in [6.45, 7) is 2.47. The van der Waals surface area contributed by atoms with E-state index in [-0.39, 0.29) is 16.6 Å². The average molecular weight is 304 g/mol. The molecule has 1 amide bonds. The van der Waals surface area contributed by atoms with Gasteiger partial charge in [0.15, 0.2) is 5.69 Å². The first-order valence-corrected chi connectivity index (χ1v) is 5.95. The first kappa shape index (κ1) is 13.7. The lowest BCUT2D eigenvalue weighted by Gasteiger charge is -2.17. The second-order valence-electron chi connectivity index (χ2n) is 3.86. The molecule has 94 valence electrons. The van der Waals surface area contributed by atoms with E-state index in [4.69, 9.17) is 0 Å². The minimum atomic E-state index is -0.510. The smallest absolute Gasteiger partial charge is 0.323 e. The van der Waals surface area contributed by atoms with Crippen LogP contribution < -0.4 is 0 Å². The third-order valence-electron chi connectivity index (χ3n) is 2.37. The van der Waals surface area contributed by atoms with Crippen molar-refractivity contribution < 1.29 is 9.72 Å². The molecule has 0 saturated carbocycles. The van der Waals surface area contributed by atoms with Crippen LogP contribution in [0, 0.1) is 10.1 Å². The van der Waals surface area contributed by atoms with Gasteiger partial charge in [-0.25, -0.2) is 4.57 Å². The second kappa shape index (κ2) is 5.31. The Kier molecular flexibility index (Phi) is 4.28. The molecule has 1 aromatic heterocycles. The summed E-state index contributed by atoms with van der Waals surface area (Å²) in [4.78, 5) is 23.8. The number of nitrogens with zero attached hydrogens (tertiary/aromatic N) is 3. The molecule has 1 atom stereocenters. The second-order valence-corrected chi connectivity index (χ2v) is 5.42. The van der Waals surface area contributed by atoms with Crippen LogP contribution in [0.1, 0.15) is 17.4 Å². The largest absolute Gasteiger partial charge is 0.358 e. The highest BCUT2D eigenvalue weighted by atomic mass is 79.9. The van der Waals surface area contributed by atoms with Gasteiger partial charge in [-0.1, -0.05) is 22.9 Å². The van der Waals surface area contributed by atoms with Crippen LogP contribution in [0.15, 0.2) is 12.1 Å². The van der Waals surface area contributed by atoms with E-state index in [2.05, 4.69) is 15.9 Å². The monoisotopic (exact) mass is 303 g/mol. The Morgan fingerprint density at radius 3 is 2.65 bits per heavy atom. The highest BCUT2D eigenvalue weighted by Crippen LogP contribution is 2.16. The van der Waals surface area contributed by atoms with Gasteiger partial charge >= 0.3 is 5.82 Å². The predicted molar refractivity (Wildman–Crippen MR) is 67.4 cm³/mol. The van der Waals surface area contributed by atoms with Gasteiger partial charge in [0.1, 0.15) is 0 Å². The summed E-state index contributed by atoms with van der Waals surface area (Å²) in [5.74, 6) is -0.319. The molecule has 0 aliphatic heterocycles. The molecule has 1 rings (SSSR count). The summed E-state index contributed by atoms with van der Waals surface area (Å²) in [5, 5.41) is 10.7. The van der Waals surface area contributed by atoms with Crippen molar-refractivity contribution in [1.82, 2.24) is 9.47 Å². The highest BCUT2D eigenvalue weighted by molar-refractivity contribution is 9.09. The minimum absolute atomic E-state index is 0.0892. The van der Waals surface area contributed by atoms with Crippen molar-refractivity contribution in [3.63, 3.8) is 0 Å². The maximum Gasteiger partial charge on any atom is 0.323 e. The molecule has 0 spiro atoms. The molecule has 0 aliphatic rings. The lowest BCUT2D eigenvalue weighted by atomic mass is 10.3. The standard InChI is InChI=1S/C10H14BrN3O3/c1-7(11)6-12(2)10(15)8-4-5-9(13(8)3)14(16)17/h4-5,7H,6H2,1-3H3. The van der Waals surface area contributed by atoms with E-state index >= 15 is 0 Å². The zero-order valence-corrected chi connectivity index (χ0v) is 11.5. The van der Waals surface area contributed by atoms with Crippen molar-refractivity contribution in [2.24, 2.45) is 7.05 Å². The third kappa shape index (κ3) is 3.06. The molecule has 7 heteroatoms. The average Bonchev–Trinajstić information content (AvgIpc) is 2.57. The molecule has 0 bridgehead atoms. The van der Waals surface area contributed by atoms with E-state index in [1.165, 1.54) is 28.6 Å². The van der Waals surface area contributed by atoms with Gasteiger partial charge in [0.2, 0.25) is 0 Å². The number of rotatable bonds is 4. The lowest BCUT2D eigenvalue weighted by Crippen LogP contribution is -2.32. The van der Waals surface area contributed by atoms with Crippen LogP contribution in [0.25, 0.3) is 0 Å². The van der Waals surface area contributed by atoms with Crippen LogP contribution in [-0.4, -0.2) is 38.7 Å². The predicted octanol–water partition coefficient (Wildman–Crippen LogP) is 1.79. The maximum atomic E-state index is 12.0. The minimum Gasteiger partial charge on any atom is -0.358 e. The molecule has 0 fully saturated rings. The molecular formula is C10H14BrN3O3. The Morgan fingerprint density at radius 1 is 1.65 bits per heavy atom. The number of alkyl halides is 1. The number of carbonyl (C=O) groups is 1. The van der Waals surface area contributed by atoms with E-state index in [0.29, 0.717) is 12.2 Å². The molecular weight excluding hydrogens is 290 g/mol. The number of aromatic nitrogens is 1. The summed E-state index contributed by atoms with van der Waals surface area (Å²) >= 11 is 3.35. The van der Waals surface area contributed by atoms with Gasteiger partial charge in [-0.2, -0.15) is 0 Å². The van der Waals surface area contributed by atoms with Gasteiger partial charge < -0.3 is 15.0 Å². The van der Waals surface area contributed by atoms with E-state index in [1.807, 2.05) is 6.92 Å². The van der Waals surface area contributed by atoms with E-state index in [1.54, 1.807) is 7.05 Å². The number of carbonyl (C=O) groups excluding carboxylic acids is 1. The number of hydrogen-bond donors (Lipinski definition) is 0. The molecule has 0 aromatic carbocycles. The summed E-state index contributed by atoms with van der Waals surface area (Å²) in [6, 6.07) is 2.80. The zero-order valence-electron chi connectivity index (χ0n) is 9.88. The number of amides is 1. The number of halogens is 1. The van der Waals surface area contributed by atoms with Gasteiger partial charge in [0.25, 0.3) is 5.91 Å². The number of hydrogen-bond acceptors (Lipinski definition) is 3. The summed E-state index contributed by atoms with van der Waals surface area (Å²) in [5.41, 5.74) is 0.312. The number of nitro groups is 1. The van der Waals surface area contributed by atoms with Crippen molar-refractivity contribution in [2.75, 3.05) is 13.6 Å². The quantitative estimate of drug-likeness (QED) is 0.484. The van der Waals surface area contributed by atoms with Crippen LogP contribution >= 0.6 is 15.9 Å². The van der Waals surface area contributed by atoms with E-state index < -0.39 is 4.92 Å². The summed E-state index contributed by atoms with van der Waals surface area (Å²) in [7, 11) is 3.18. The van der Waals surface area contributed by atoms with Crippen LogP contribution in [0.3, 0.4) is 0 Å². The SMILES string of the molecule is CC(Br)CN(C)C(=O)c1ccc([N+](=O)[O-])n1C. The zero-order chi connectivity index (χ0) is 13.2. The van der Waals surface area contributed by atoms with Crippen molar-refractivity contribution in [3.8, 4) is 0 Å². The van der Waals surface area contributed by atoms with Crippen molar-refractivity contribution >= 4 is 27.7 Å². The molecule has 0 saturated heterocycles. The molecule has 1 unspecified atom stereocenters. The summed E-state index contributed by atoms with van der Waals surface area (Å²) in [6.07, 6.45) is 0. The van der Waals surface area contributed by atoms with Crippen LogP contribution in [0.2, 0.25) is 0 Å². The fourth-order valence-electron chi connectivity index (χ4n) is 1.55. The van der Waals surface area contributed by atoms with E-state index in [9.17, 15) is 14.9 Å². The lowest BCUT2D eigenvalue weighted by molar-refractivity contribution is -0.391. The highest BCUT2D eigenvalue weighted by Gasteiger charge is 2.23. The molecule has 0 N–H and O–H groups in total. The molecule has 1 heterocycles. The van der Waals surface area contributed by atoms with Gasteiger partial charge in [0, 0.05) is 24.5 Å². The molecule has 6 nitrogen and oxygen atoms in total. The molecule has 0 aliphatic carbocycles. The van der Waals surface area contributed by atoms with Crippen molar-refractivity contribution in [1.29, 1.82) is 0 Å². The van der Waals surface area contributed by atoms with Crippen molar-refractivity contribution in [3.05, 3.63) is 27.9 Å². The van der Waals surface area contributed by atoms with Gasteiger partial charge in [-0.05, 0) is 11.0 Å². The maximum absolute atomic E-state index is 12.0. The Labute approximate surface area is 107 Å². The van der Waals surface area contributed by atoms with E-state index in [0.717, 1.165) is 0 Å². The first-order valence-electron chi connectivity index (χ1n) is 5.04. The van der Waals surface area contributed by atoms with Crippen molar-refractivity contribution in [2.45, 2.75) is 11.8 Å². The van der Waals surface area contributed by atoms with Gasteiger partial charge in [0.05, 0.1) is 7.05 Å². The Hall–Kier alpha value is -1.37. The fraction of sp³-hybridized carbons (Fsp3) is 0.500. The van der Waals surface area contributed by atoms with Crippen LogP contribution in [0.4, 0.5) is 5.82 Å². The first-order chi connectivity index (χ1) is 7.84.